The monoisotopic (exact) mass is 292 g/mol. The molecule has 1 fully saturated rings. The Morgan fingerprint density at radius 3 is 3.15 bits per heavy atom. The first-order chi connectivity index (χ1) is 9.72. The van der Waals surface area contributed by atoms with E-state index in [1.54, 1.807) is 11.3 Å². The van der Waals surface area contributed by atoms with Crippen LogP contribution in [0.5, 0.6) is 0 Å². The van der Waals surface area contributed by atoms with Crippen LogP contribution >= 0.6 is 11.3 Å². The van der Waals surface area contributed by atoms with Crippen LogP contribution in [0.3, 0.4) is 0 Å². The number of likely N-dealkylation sites (tertiary alicyclic amines) is 1. The maximum atomic E-state index is 11.8. The van der Waals surface area contributed by atoms with Crippen LogP contribution in [0, 0.1) is 11.8 Å². The van der Waals surface area contributed by atoms with Gasteiger partial charge in [-0.05, 0) is 18.6 Å². The molecule has 0 bridgehead atoms. The maximum absolute atomic E-state index is 11.8. The van der Waals surface area contributed by atoms with Crippen LogP contribution in [-0.2, 0) is 11.3 Å². The predicted octanol–water partition coefficient (Wildman–Crippen LogP) is 1.19. The van der Waals surface area contributed by atoms with Crippen LogP contribution in [-0.4, -0.2) is 41.7 Å². The fourth-order valence-electron chi connectivity index (χ4n) is 2.31. The summed E-state index contributed by atoms with van der Waals surface area (Å²) in [5.74, 6) is 5.80. The van der Waals surface area contributed by atoms with Crippen LogP contribution in [0.4, 0.5) is 0 Å². The number of nitrogens with one attached hydrogen (secondary N) is 1. The molecular formula is C15H20N2O2S. The zero-order valence-corrected chi connectivity index (χ0v) is 12.5. The third-order valence-electron chi connectivity index (χ3n) is 3.23. The smallest absolute Gasteiger partial charge is 0.224 e. The highest BCUT2D eigenvalue weighted by Gasteiger charge is 2.28. The molecular weight excluding hydrogens is 272 g/mol. The molecule has 1 unspecified atom stereocenters. The Bertz CT molecular complexity index is 515. The van der Waals surface area contributed by atoms with E-state index >= 15 is 0 Å². The first-order valence-electron chi connectivity index (χ1n) is 6.92. The SMILES string of the molecule is CCCN1CC(NCc2ccc(C#CCO)s2)CC1=O. The fourth-order valence-corrected chi connectivity index (χ4v) is 3.14. The van der Waals surface area contributed by atoms with Gasteiger partial charge in [0.25, 0.3) is 0 Å². The topological polar surface area (TPSA) is 52.6 Å². The van der Waals surface area contributed by atoms with Crippen LogP contribution in [0.1, 0.15) is 29.5 Å². The number of carbonyl (C=O) groups is 1. The van der Waals surface area contributed by atoms with Gasteiger partial charge in [-0.2, -0.15) is 0 Å². The molecule has 0 spiro atoms. The van der Waals surface area contributed by atoms with E-state index in [0.29, 0.717) is 6.42 Å². The molecule has 2 N–H and O–H groups in total. The molecule has 0 saturated carbocycles. The second-order valence-corrected chi connectivity index (χ2v) is 6.02. The van der Waals surface area contributed by atoms with Gasteiger partial charge in [0, 0.05) is 37.0 Å². The maximum Gasteiger partial charge on any atom is 0.224 e. The molecule has 0 aromatic carbocycles. The number of carbonyl (C=O) groups excluding carboxylic acids is 1. The number of hydrogen-bond acceptors (Lipinski definition) is 4. The summed E-state index contributed by atoms with van der Waals surface area (Å²) in [6.07, 6.45) is 1.61. The van der Waals surface area contributed by atoms with Gasteiger partial charge in [-0.1, -0.05) is 18.8 Å². The molecule has 108 valence electrons. The molecule has 0 aliphatic carbocycles. The minimum absolute atomic E-state index is 0.108. The highest BCUT2D eigenvalue weighted by Crippen LogP contribution is 2.17. The van der Waals surface area contributed by atoms with Crippen LogP contribution < -0.4 is 5.32 Å². The van der Waals surface area contributed by atoms with Crippen molar-refractivity contribution in [1.29, 1.82) is 0 Å². The standard InChI is InChI=1S/C15H20N2O2S/c1-2-7-17-11-12(9-15(17)19)16-10-14-6-5-13(20-14)4-3-8-18/h5-6,12,16,18H,2,7-11H2,1H3. The molecule has 1 aliphatic heterocycles. The summed E-state index contributed by atoms with van der Waals surface area (Å²) in [4.78, 5) is 15.9. The van der Waals surface area contributed by atoms with Gasteiger partial charge in [0.05, 0.1) is 4.88 Å². The lowest BCUT2D eigenvalue weighted by Crippen LogP contribution is -2.32. The van der Waals surface area contributed by atoms with E-state index in [4.69, 9.17) is 5.11 Å². The van der Waals surface area contributed by atoms with Gasteiger partial charge in [0.15, 0.2) is 0 Å². The number of aliphatic hydroxyl groups is 1. The summed E-state index contributed by atoms with van der Waals surface area (Å²) in [7, 11) is 0. The minimum atomic E-state index is -0.108. The number of thiophene rings is 1. The van der Waals surface area contributed by atoms with E-state index in [2.05, 4.69) is 24.1 Å². The summed E-state index contributed by atoms with van der Waals surface area (Å²) in [6.45, 7) is 4.42. The lowest BCUT2D eigenvalue weighted by molar-refractivity contribution is -0.127. The number of hydrogen-bond donors (Lipinski definition) is 2. The molecule has 1 aromatic heterocycles. The number of amides is 1. The van der Waals surface area contributed by atoms with Gasteiger partial charge in [0.1, 0.15) is 6.61 Å². The quantitative estimate of drug-likeness (QED) is 0.802. The van der Waals surface area contributed by atoms with E-state index in [9.17, 15) is 4.79 Å². The van der Waals surface area contributed by atoms with Crippen LogP contribution in [0.2, 0.25) is 0 Å². The Kier molecular flexibility index (Phi) is 5.60. The van der Waals surface area contributed by atoms with Gasteiger partial charge < -0.3 is 15.3 Å². The largest absolute Gasteiger partial charge is 0.384 e. The Labute approximate surface area is 123 Å². The predicted molar refractivity (Wildman–Crippen MR) is 80.4 cm³/mol. The van der Waals surface area contributed by atoms with Crippen LogP contribution in [0.25, 0.3) is 0 Å². The van der Waals surface area contributed by atoms with Crippen molar-refractivity contribution in [1.82, 2.24) is 10.2 Å². The van der Waals surface area contributed by atoms with Crippen molar-refractivity contribution in [2.24, 2.45) is 0 Å². The Balaban J connectivity index is 1.81. The second-order valence-electron chi connectivity index (χ2n) is 4.85. The van der Waals surface area contributed by atoms with E-state index in [0.717, 1.165) is 30.9 Å². The summed E-state index contributed by atoms with van der Waals surface area (Å²) in [5, 5.41) is 12.1. The highest BCUT2D eigenvalue weighted by molar-refractivity contribution is 7.12. The molecule has 4 nitrogen and oxygen atoms in total. The lowest BCUT2D eigenvalue weighted by Gasteiger charge is -2.15. The third kappa shape index (κ3) is 4.07. The van der Waals surface area contributed by atoms with Gasteiger partial charge in [-0.3, -0.25) is 4.79 Å². The van der Waals surface area contributed by atoms with Crippen molar-refractivity contribution in [3.05, 3.63) is 21.9 Å². The molecule has 1 aliphatic rings. The molecule has 2 heterocycles. The summed E-state index contributed by atoms with van der Waals surface area (Å²) >= 11 is 1.62. The van der Waals surface area contributed by atoms with Gasteiger partial charge >= 0.3 is 0 Å². The number of nitrogens with zero attached hydrogens (tertiary/aromatic N) is 1. The Hall–Kier alpha value is -1.35. The third-order valence-corrected chi connectivity index (χ3v) is 4.23. The summed E-state index contributed by atoms with van der Waals surface area (Å²) in [6, 6.07) is 4.26. The number of aliphatic hydroxyl groups excluding tert-OH is 1. The molecule has 1 atom stereocenters. The summed E-state index contributed by atoms with van der Waals surface area (Å²) in [5.41, 5.74) is 0. The van der Waals surface area contributed by atoms with Crippen molar-refractivity contribution in [2.75, 3.05) is 19.7 Å². The Morgan fingerprint density at radius 2 is 2.40 bits per heavy atom. The first kappa shape index (κ1) is 15.0. The highest BCUT2D eigenvalue weighted by atomic mass is 32.1. The molecule has 5 heteroatoms. The normalized spacial score (nSPS) is 18.2. The zero-order chi connectivity index (χ0) is 14.4. The molecule has 1 aromatic rings. The number of rotatable bonds is 5. The fraction of sp³-hybridized carbons (Fsp3) is 0.533. The van der Waals surface area contributed by atoms with Crippen molar-refractivity contribution in [3.8, 4) is 11.8 Å². The average Bonchev–Trinajstić information content (AvgIpc) is 3.02. The van der Waals surface area contributed by atoms with Gasteiger partial charge in [0.2, 0.25) is 5.91 Å². The van der Waals surface area contributed by atoms with E-state index in [1.807, 2.05) is 17.0 Å². The lowest BCUT2D eigenvalue weighted by atomic mass is 10.2. The van der Waals surface area contributed by atoms with Crippen LogP contribution in [0.15, 0.2) is 12.1 Å². The molecule has 20 heavy (non-hydrogen) atoms. The van der Waals surface area contributed by atoms with E-state index < -0.39 is 0 Å². The molecule has 1 saturated heterocycles. The summed E-state index contributed by atoms with van der Waals surface area (Å²) < 4.78 is 0. The first-order valence-corrected chi connectivity index (χ1v) is 7.74. The van der Waals surface area contributed by atoms with Crippen molar-refractivity contribution >= 4 is 17.2 Å². The van der Waals surface area contributed by atoms with E-state index in [1.165, 1.54) is 4.88 Å². The van der Waals surface area contributed by atoms with E-state index in [-0.39, 0.29) is 18.6 Å². The minimum Gasteiger partial charge on any atom is -0.384 e. The second kappa shape index (κ2) is 7.44. The average molecular weight is 292 g/mol. The zero-order valence-electron chi connectivity index (χ0n) is 11.7. The molecule has 1 amide bonds. The van der Waals surface area contributed by atoms with Crippen molar-refractivity contribution in [3.63, 3.8) is 0 Å². The molecule has 2 rings (SSSR count). The van der Waals surface area contributed by atoms with Crippen molar-refractivity contribution < 1.29 is 9.90 Å². The van der Waals surface area contributed by atoms with Gasteiger partial charge in [-0.15, -0.1) is 11.3 Å². The van der Waals surface area contributed by atoms with Gasteiger partial charge in [-0.25, -0.2) is 0 Å². The van der Waals surface area contributed by atoms with Crippen molar-refractivity contribution in [2.45, 2.75) is 32.4 Å². The Morgan fingerprint density at radius 1 is 1.55 bits per heavy atom. The molecule has 0 radical (unpaired) electrons.